The third-order valence-electron chi connectivity index (χ3n) is 5.50. The van der Waals surface area contributed by atoms with Gasteiger partial charge in [-0.05, 0) is 68.7 Å². The molecule has 1 fully saturated rings. The summed E-state index contributed by atoms with van der Waals surface area (Å²) in [6.07, 6.45) is 7.69. The third kappa shape index (κ3) is 6.02. The number of nitrogens with one attached hydrogen (secondary N) is 2. The maximum atomic E-state index is 12.5. The molecule has 1 aliphatic heterocycles. The molecule has 1 heterocycles. The van der Waals surface area contributed by atoms with Crippen molar-refractivity contribution in [2.24, 2.45) is 0 Å². The number of amides is 1. The molecule has 0 bridgehead atoms. The SMILES string of the molecule is CC(NC(=O)CN1CCCC(NS(C)(=O)=O)C1)c1ccc2c(c1)CCCC2. The molecule has 27 heavy (non-hydrogen) atoms. The maximum Gasteiger partial charge on any atom is 0.234 e. The minimum absolute atomic E-state index is 0.0137. The second-order valence-electron chi connectivity index (χ2n) is 7.99. The van der Waals surface area contributed by atoms with Crippen LogP contribution in [0.4, 0.5) is 0 Å². The van der Waals surface area contributed by atoms with Gasteiger partial charge in [-0.1, -0.05) is 18.2 Å². The quantitative estimate of drug-likeness (QED) is 0.772. The number of rotatable bonds is 6. The fraction of sp³-hybridized carbons (Fsp3) is 0.650. The first-order chi connectivity index (χ1) is 12.8. The fourth-order valence-electron chi connectivity index (χ4n) is 4.19. The van der Waals surface area contributed by atoms with E-state index in [0.29, 0.717) is 13.1 Å². The summed E-state index contributed by atoms with van der Waals surface area (Å²) in [4.78, 5) is 14.5. The minimum atomic E-state index is -3.22. The van der Waals surface area contributed by atoms with Gasteiger partial charge in [-0.3, -0.25) is 9.69 Å². The Morgan fingerprint density at radius 2 is 1.96 bits per heavy atom. The average molecular weight is 394 g/mol. The smallest absolute Gasteiger partial charge is 0.234 e. The van der Waals surface area contributed by atoms with E-state index in [1.807, 2.05) is 11.8 Å². The summed E-state index contributed by atoms with van der Waals surface area (Å²) in [7, 11) is -3.22. The van der Waals surface area contributed by atoms with Gasteiger partial charge in [-0.2, -0.15) is 0 Å². The topological polar surface area (TPSA) is 78.5 Å². The summed E-state index contributed by atoms with van der Waals surface area (Å²) >= 11 is 0. The van der Waals surface area contributed by atoms with Crippen LogP contribution in [0.3, 0.4) is 0 Å². The standard InChI is InChI=1S/C20H31N3O3S/c1-15(17-10-9-16-6-3-4-7-18(16)12-17)21-20(24)14-23-11-5-8-19(13-23)22-27(2,25)26/h9-10,12,15,19,22H,3-8,11,13-14H2,1-2H3,(H,21,24). The van der Waals surface area contributed by atoms with Gasteiger partial charge in [0.15, 0.2) is 0 Å². The minimum Gasteiger partial charge on any atom is -0.348 e. The molecular weight excluding hydrogens is 362 g/mol. The normalized spacial score (nSPS) is 22.1. The van der Waals surface area contributed by atoms with E-state index in [-0.39, 0.29) is 18.0 Å². The van der Waals surface area contributed by atoms with Crippen LogP contribution in [0.15, 0.2) is 18.2 Å². The van der Waals surface area contributed by atoms with E-state index < -0.39 is 10.0 Å². The summed E-state index contributed by atoms with van der Waals surface area (Å²) in [5.74, 6) is -0.0137. The van der Waals surface area contributed by atoms with Gasteiger partial charge in [0, 0.05) is 12.6 Å². The van der Waals surface area contributed by atoms with E-state index in [1.54, 1.807) is 0 Å². The summed E-state index contributed by atoms with van der Waals surface area (Å²) in [6, 6.07) is 6.44. The van der Waals surface area contributed by atoms with Gasteiger partial charge in [0.1, 0.15) is 0 Å². The van der Waals surface area contributed by atoms with Crippen LogP contribution < -0.4 is 10.0 Å². The number of hydrogen-bond acceptors (Lipinski definition) is 4. The van der Waals surface area contributed by atoms with Crippen molar-refractivity contribution in [3.63, 3.8) is 0 Å². The number of carbonyl (C=O) groups excluding carboxylic acids is 1. The summed E-state index contributed by atoms with van der Waals surface area (Å²) in [5, 5.41) is 3.09. The van der Waals surface area contributed by atoms with Gasteiger partial charge in [0.25, 0.3) is 0 Å². The van der Waals surface area contributed by atoms with Crippen molar-refractivity contribution in [2.45, 2.75) is 57.5 Å². The predicted octanol–water partition coefficient (Wildman–Crippen LogP) is 1.76. The van der Waals surface area contributed by atoms with Crippen molar-refractivity contribution in [1.29, 1.82) is 0 Å². The lowest BCUT2D eigenvalue weighted by Crippen LogP contribution is -2.50. The number of benzene rings is 1. The molecule has 2 N–H and O–H groups in total. The number of hydrogen-bond donors (Lipinski definition) is 2. The number of carbonyl (C=O) groups is 1. The second-order valence-corrected chi connectivity index (χ2v) is 9.77. The van der Waals surface area contributed by atoms with Gasteiger partial charge >= 0.3 is 0 Å². The fourth-order valence-corrected chi connectivity index (χ4v) is 4.99. The van der Waals surface area contributed by atoms with Crippen LogP contribution in [0.1, 0.15) is 55.3 Å². The number of likely N-dealkylation sites (tertiary alicyclic amines) is 1. The lowest BCUT2D eigenvalue weighted by atomic mass is 9.89. The Bertz CT molecular complexity index is 779. The third-order valence-corrected chi connectivity index (χ3v) is 6.27. The zero-order valence-corrected chi connectivity index (χ0v) is 17.1. The Balaban J connectivity index is 1.52. The molecule has 0 radical (unpaired) electrons. The van der Waals surface area contributed by atoms with Crippen LogP contribution in [0, 0.1) is 0 Å². The molecule has 1 amide bonds. The van der Waals surface area contributed by atoms with E-state index in [4.69, 9.17) is 0 Å². The molecular formula is C20H31N3O3S. The molecule has 2 atom stereocenters. The van der Waals surface area contributed by atoms with Gasteiger partial charge in [0.05, 0.1) is 18.8 Å². The second kappa shape index (κ2) is 8.71. The Labute approximate surface area is 162 Å². The summed E-state index contributed by atoms with van der Waals surface area (Å²) in [6.45, 7) is 3.72. The monoisotopic (exact) mass is 393 g/mol. The van der Waals surface area contributed by atoms with Crippen LogP contribution in [0.2, 0.25) is 0 Å². The van der Waals surface area contributed by atoms with Crippen molar-refractivity contribution in [2.75, 3.05) is 25.9 Å². The zero-order chi connectivity index (χ0) is 19.4. The largest absolute Gasteiger partial charge is 0.348 e. The molecule has 6 nitrogen and oxygen atoms in total. The molecule has 1 saturated heterocycles. The Hall–Kier alpha value is -1.44. The van der Waals surface area contributed by atoms with Crippen molar-refractivity contribution in [3.05, 3.63) is 34.9 Å². The highest BCUT2D eigenvalue weighted by molar-refractivity contribution is 7.88. The highest BCUT2D eigenvalue weighted by atomic mass is 32.2. The van der Waals surface area contributed by atoms with Gasteiger partial charge in [-0.15, -0.1) is 0 Å². The van der Waals surface area contributed by atoms with Crippen LogP contribution >= 0.6 is 0 Å². The van der Waals surface area contributed by atoms with Crippen molar-refractivity contribution < 1.29 is 13.2 Å². The zero-order valence-electron chi connectivity index (χ0n) is 16.3. The van der Waals surface area contributed by atoms with Crippen molar-refractivity contribution in [1.82, 2.24) is 14.9 Å². The van der Waals surface area contributed by atoms with Crippen molar-refractivity contribution in [3.8, 4) is 0 Å². The predicted molar refractivity (Wildman–Crippen MR) is 107 cm³/mol. The number of aryl methyl sites for hydroxylation is 2. The number of nitrogens with zero attached hydrogens (tertiary/aromatic N) is 1. The van der Waals surface area contributed by atoms with Gasteiger partial charge < -0.3 is 5.32 Å². The summed E-state index contributed by atoms with van der Waals surface area (Å²) < 4.78 is 25.5. The molecule has 0 saturated carbocycles. The maximum absolute atomic E-state index is 12.5. The molecule has 0 aromatic heterocycles. The first-order valence-corrected chi connectivity index (χ1v) is 11.8. The number of fused-ring (bicyclic) bond motifs is 1. The molecule has 2 aliphatic rings. The molecule has 1 aliphatic carbocycles. The molecule has 0 spiro atoms. The molecule has 2 unspecified atom stereocenters. The van der Waals surface area contributed by atoms with Crippen LogP contribution in [-0.4, -0.2) is 51.2 Å². The van der Waals surface area contributed by atoms with Gasteiger partial charge in [0.2, 0.25) is 15.9 Å². The highest BCUT2D eigenvalue weighted by Crippen LogP contribution is 2.24. The first kappa shape index (κ1) is 20.3. The lowest BCUT2D eigenvalue weighted by Gasteiger charge is -2.32. The Morgan fingerprint density at radius 3 is 2.70 bits per heavy atom. The molecule has 3 rings (SSSR count). The van der Waals surface area contributed by atoms with E-state index in [0.717, 1.165) is 37.8 Å². The Morgan fingerprint density at radius 1 is 1.22 bits per heavy atom. The Kier molecular flexibility index (Phi) is 6.55. The van der Waals surface area contributed by atoms with Crippen LogP contribution in [0.25, 0.3) is 0 Å². The molecule has 150 valence electrons. The van der Waals surface area contributed by atoms with E-state index in [9.17, 15) is 13.2 Å². The summed E-state index contributed by atoms with van der Waals surface area (Å²) in [5.41, 5.74) is 4.02. The van der Waals surface area contributed by atoms with Gasteiger partial charge in [-0.25, -0.2) is 13.1 Å². The molecule has 1 aromatic carbocycles. The van der Waals surface area contributed by atoms with E-state index in [2.05, 4.69) is 28.2 Å². The molecule has 7 heteroatoms. The highest BCUT2D eigenvalue weighted by Gasteiger charge is 2.24. The molecule has 1 aromatic rings. The van der Waals surface area contributed by atoms with E-state index >= 15 is 0 Å². The first-order valence-electron chi connectivity index (χ1n) is 9.91. The van der Waals surface area contributed by atoms with Crippen LogP contribution in [0.5, 0.6) is 0 Å². The van der Waals surface area contributed by atoms with Crippen molar-refractivity contribution >= 4 is 15.9 Å². The number of piperidine rings is 1. The number of sulfonamides is 1. The van der Waals surface area contributed by atoms with E-state index in [1.165, 1.54) is 30.2 Å². The lowest BCUT2D eigenvalue weighted by molar-refractivity contribution is -0.123. The van der Waals surface area contributed by atoms with Crippen LogP contribution in [-0.2, 0) is 27.7 Å². The average Bonchev–Trinajstić information content (AvgIpc) is 2.60.